The molecule has 0 aliphatic heterocycles. The number of amides is 1. The van der Waals surface area contributed by atoms with Crippen LogP contribution in [0.2, 0.25) is 5.02 Å². The van der Waals surface area contributed by atoms with Gasteiger partial charge in [0.15, 0.2) is 0 Å². The van der Waals surface area contributed by atoms with Gasteiger partial charge in [0, 0.05) is 17.5 Å². The molecule has 0 saturated heterocycles. The number of fused-ring (bicyclic) bond motifs is 1. The van der Waals surface area contributed by atoms with Gasteiger partial charge in [0.2, 0.25) is 5.91 Å². The third-order valence-corrected chi connectivity index (χ3v) is 6.97. The van der Waals surface area contributed by atoms with Crippen molar-refractivity contribution in [2.24, 2.45) is 5.92 Å². The SMILES string of the molecule is CCCCCN(C(=O)C1CCCC1)C(C)c1nc2ccccc2c(=O)n1-c1ccc(Cl)cc1. The second kappa shape index (κ2) is 10.5. The minimum atomic E-state index is -0.331. The van der Waals surface area contributed by atoms with Gasteiger partial charge < -0.3 is 4.90 Å². The number of carbonyl (C=O) groups is 1. The highest BCUT2D eigenvalue weighted by atomic mass is 35.5. The van der Waals surface area contributed by atoms with Crippen molar-refractivity contribution < 1.29 is 4.79 Å². The van der Waals surface area contributed by atoms with Gasteiger partial charge in [-0.2, -0.15) is 0 Å². The molecule has 174 valence electrons. The predicted octanol–water partition coefficient (Wildman–Crippen LogP) is 6.31. The lowest BCUT2D eigenvalue weighted by Crippen LogP contribution is -2.40. The largest absolute Gasteiger partial charge is 0.333 e. The summed E-state index contributed by atoms with van der Waals surface area (Å²) in [6, 6.07) is 14.3. The number of para-hydroxylation sites is 1. The molecule has 2 aromatic carbocycles. The Labute approximate surface area is 200 Å². The highest BCUT2D eigenvalue weighted by Gasteiger charge is 2.32. The van der Waals surface area contributed by atoms with Gasteiger partial charge in [0.1, 0.15) is 5.82 Å². The molecule has 1 saturated carbocycles. The minimum absolute atomic E-state index is 0.0743. The topological polar surface area (TPSA) is 55.2 Å². The molecule has 1 unspecified atom stereocenters. The smallest absolute Gasteiger partial charge is 0.266 e. The summed E-state index contributed by atoms with van der Waals surface area (Å²) in [7, 11) is 0. The van der Waals surface area contributed by atoms with Crippen LogP contribution in [0.5, 0.6) is 0 Å². The van der Waals surface area contributed by atoms with E-state index in [1.54, 1.807) is 22.8 Å². The van der Waals surface area contributed by atoms with Crippen molar-refractivity contribution in [3.8, 4) is 5.69 Å². The van der Waals surface area contributed by atoms with E-state index in [4.69, 9.17) is 16.6 Å². The lowest BCUT2D eigenvalue weighted by molar-refractivity contribution is -0.137. The van der Waals surface area contributed by atoms with Gasteiger partial charge in [-0.25, -0.2) is 4.98 Å². The predicted molar refractivity (Wildman–Crippen MR) is 134 cm³/mol. The monoisotopic (exact) mass is 465 g/mol. The van der Waals surface area contributed by atoms with E-state index in [9.17, 15) is 9.59 Å². The summed E-state index contributed by atoms with van der Waals surface area (Å²) in [5.74, 6) is 0.857. The van der Waals surface area contributed by atoms with E-state index >= 15 is 0 Å². The highest BCUT2D eigenvalue weighted by molar-refractivity contribution is 6.30. The van der Waals surface area contributed by atoms with Crippen LogP contribution in [0.15, 0.2) is 53.3 Å². The zero-order valence-electron chi connectivity index (χ0n) is 19.5. The number of benzene rings is 2. The first-order chi connectivity index (χ1) is 16.0. The van der Waals surface area contributed by atoms with Crippen LogP contribution in [-0.4, -0.2) is 26.9 Å². The second-order valence-electron chi connectivity index (χ2n) is 9.00. The number of halogens is 1. The number of aromatic nitrogens is 2. The molecule has 0 bridgehead atoms. The second-order valence-corrected chi connectivity index (χ2v) is 9.44. The molecule has 1 aliphatic rings. The third kappa shape index (κ3) is 4.98. The summed E-state index contributed by atoms with van der Waals surface area (Å²) >= 11 is 6.12. The number of carbonyl (C=O) groups excluding carboxylic acids is 1. The summed E-state index contributed by atoms with van der Waals surface area (Å²) < 4.78 is 1.65. The Morgan fingerprint density at radius 2 is 1.82 bits per heavy atom. The van der Waals surface area contributed by atoms with E-state index in [1.807, 2.05) is 42.2 Å². The lowest BCUT2D eigenvalue weighted by atomic mass is 10.0. The lowest BCUT2D eigenvalue weighted by Gasteiger charge is -2.32. The quantitative estimate of drug-likeness (QED) is 0.366. The molecule has 5 nitrogen and oxygen atoms in total. The first-order valence-corrected chi connectivity index (χ1v) is 12.5. The molecule has 1 fully saturated rings. The Kier molecular flexibility index (Phi) is 7.49. The van der Waals surface area contributed by atoms with Crippen molar-refractivity contribution in [3.05, 3.63) is 69.7 Å². The Bertz CT molecular complexity index is 1170. The maximum absolute atomic E-state index is 13.6. The fourth-order valence-electron chi connectivity index (χ4n) is 4.84. The average Bonchev–Trinajstić information content (AvgIpc) is 3.37. The van der Waals surface area contributed by atoms with E-state index in [1.165, 1.54) is 0 Å². The molecule has 3 aromatic rings. The molecule has 0 N–H and O–H groups in total. The maximum atomic E-state index is 13.6. The van der Waals surface area contributed by atoms with Crippen molar-refractivity contribution in [2.75, 3.05) is 6.54 Å². The van der Waals surface area contributed by atoms with Crippen LogP contribution in [0.4, 0.5) is 0 Å². The first-order valence-electron chi connectivity index (χ1n) is 12.1. The Hall–Kier alpha value is -2.66. The molecular weight excluding hydrogens is 434 g/mol. The molecule has 6 heteroatoms. The molecule has 4 rings (SSSR count). The van der Waals surface area contributed by atoms with E-state index in [0.29, 0.717) is 34.0 Å². The van der Waals surface area contributed by atoms with Crippen molar-refractivity contribution in [2.45, 2.75) is 64.8 Å². The molecule has 1 aromatic heterocycles. The van der Waals surface area contributed by atoms with E-state index < -0.39 is 0 Å². The van der Waals surface area contributed by atoms with Gasteiger partial charge in [0.05, 0.1) is 22.6 Å². The summed E-state index contributed by atoms with van der Waals surface area (Å²) in [6.45, 7) is 4.84. The van der Waals surface area contributed by atoms with Gasteiger partial charge in [-0.05, 0) is 62.6 Å². The van der Waals surface area contributed by atoms with Crippen LogP contribution in [-0.2, 0) is 4.79 Å². The zero-order valence-corrected chi connectivity index (χ0v) is 20.2. The van der Waals surface area contributed by atoms with Crippen LogP contribution in [0.1, 0.15) is 70.7 Å². The highest BCUT2D eigenvalue weighted by Crippen LogP contribution is 2.31. The molecule has 33 heavy (non-hydrogen) atoms. The number of unbranched alkanes of at least 4 members (excludes halogenated alkanes) is 2. The van der Waals surface area contributed by atoms with Gasteiger partial charge >= 0.3 is 0 Å². The summed E-state index contributed by atoms with van der Waals surface area (Å²) in [6.07, 6.45) is 7.21. The zero-order chi connectivity index (χ0) is 23.4. The van der Waals surface area contributed by atoms with Gasteiger partial charge in [0.25, 0.3) is 5.56 Å². The number of hydrogen-bond donors (Lipinski definition) is 0. The maximum Gasteiger partial charge on any atom is 0.266 e. The van der Waals surface area contributed by atoms with E-state index in [-0.39, 0.29) is 23.4 Å². The van der Waals surface area contributed by atoms with Gasteiger partial charge in [-0.15, -0.1) is 0 Å². The molecule has 1 atom stereocenters. The molecule has 1 amide bonds. The number of rotatable bonds is 8. The summed E-state index contributed by atoms with van der Waals surface area (Å²) in [5, 5.41) is 1.16. The van der Waals surface area contributed by atoms with Crippen molar-refractivity contribution >= 4 is 28.4 Å². The van der Waals surface area contributed by atoms with Crippen LogP contribution in [0.3, 0.4) is 0 Å². The van der Waals surface area contributed by atoms with Crippen molar-refractivity contribution in [1.82, 2.24) is 14.5 Å². The van der Waals surface area contributed by atoms with E-state index in [0.717, 1.165) is 44.9 Å². The molecule has 1 aliphatic carbocycles. The van der Waals surface area contributed by atoms with Gasteiger partial charge in [-0.3, -0.25) is 14.2 Å². The molecule has 0 radical (unpaired) electrons. The third-order valence-electron chi connectivity index (χ3n) is 6.72. The number of nitrogens with zero attached hydrogens (tertiary/aromatic N) is 3. The van der Waals surface area contributed by atoms with E-state index in [2.05, 4.69) is 6.92 Å². The van der Waals surface area contributed by atoms with Crippen LogP contribution in [0, 0.1) is 5.92 Å². The summed E-state index contributed by atoms with van der Waals surface area (Å²) in [5.41, 5.74) is 1.22. The molecule has 0 spiro atoms. The van der Waals surface area contributed by atoms with Crippen LogP contribution in [0.25, 0.3) is 16.6 Å². The normalized spacial score (nSPS) is 15.1. The fraction of sp³-hybridized carbons (Fsp3) is 0.444. The minimum Gasteiger partial charge on any atom is -0.333 e. The Morgan fingerprint density at radius 3 is 2.52 bits per heavy atom. The fourth-order valence-corrected chi connectivity index (χ4v) is 4.97. The molecular formula is C27H32ClN3O2. The van der Waals surface area contributed by atoms with Crippen LogP contribution < -0.4 is 5.56 Å². The standard InChI is InChI=1S/C27H32ClN3O2/c1-3-4-9-18-30(26(32)20-10-5-6-11-20)19(2)25-29-24-13-8-7-12-23(24)27(33)31(25)22-16-14-21(28)15-17-22/h7-8,12-17,19-20H,3-6,9-11,18H2,1-2H3. The van der Waals surface area contributed by atoms with Gasteiger partial charge in [-0.1, -0.05) is 56.3 Å². The summed E-state index contributed by atoms with van der Waals surface area (Å²) in [4.78, 5) is 34.1. The average molecular weight is 466 g/mol. The van der Waals surface area contributed by atoms with Crippen molar-refractivity contribution in [3.63, 3.8) is 0 Å². The number of hydrogen-bond acceptors (Lipinski definition) is 3. The van der Waals surface area contributed by atoms with Crippen molar-refractivity contribution in [1.29, 1.82) is 0 Å². The Morgan fingerprint density at radius 1 is 1.12 bits per heavy atom. The van der Waals surface area contributed by atoms with Crippen LogP contribution >= 0.6 is 11.6 Å². The Balaban J connectivity index is 1.84. The first kappa shape index (κ1) is 23.5. The molecule has 1 heterocycles.